The van der Waals surface area contributed by atoms with Crippen LogP contribution in [0.3, 0.4) is 0 Å². The van der Waals surface area contributed by atoms with Crippen molar-refractivity contribution < 1.29 is 9.90 Å². The second kappa shape index (κ2) is 12.0. The lowest BCUT2D eigenvalue weighted by Crippen LogP contribution is -2.08. The third-order valence-corrected chi connectivity index (χ3v) is 4.51. The highest BCUT2D eigenvalue weighted by molar-refractivity contribution is 5.96. The maximum absolute atomic E-state index is 11.4. The maximum atomic E-state index is 11.4. The molecule has 4 heteroatoms. The van der Waals surface area contributed by atoms with Gasteiger partial charge in [-0.25, -0.2) is 0 Å². The van der Waals surface area contributed by atoms with Crippen LogP contribution in [0.1, 0.15) is 42.2 Å². The molecule has 4 nitrogen and oxygen atoms in total. The van der Waals surface area contributed by atoms with Crippen molar-refractivity contribution in [1.82, 2.24) is 0 Å². The third-order valence-electron chi connectivity index (χ3n) is 4.51. The number of nitrogens with one attached hydrogen (secondary N) is 1. The highest BCUT2D eigenvalue weighted by Crippen LogP contribution is 2.22. The Morgan fingerprint density at radius 1 is 1.00 bits per heavy atom. The molecule has 0 aliphatic carbocycles. The lowest BCUT2D eigenvalue weighted by atomic mass is 10.0. The highest BCUT2D eigenvalue weighted by Gasteiger charge is 2.09. The van der Waals surface area contributed by atoms with Crippen molar-refractivity contribution in [1.29, 1.82) is 5.26 Å². The standard InChI is InChI=1S/C14H14N2O.C14H14O/c1-10(2)7-14(11(3)17)16-13-6-4-5-12(8-13)9-15;1-11-6-5-9-13(10-11)14(15)12-7-3-2-4-8-12/h4-8,16H,1H2,2-3H3;2-10,14-15H,1H3/b14-7-;. The van der Waals surface area contributed by atoms with Crippen molar-refractivity contribution >= 4 is 11.5 Å². The predicted molar refractivity (Wildman–Crippen MR) is 130 cm³/mol. The van der Waals surface area contributed by atoms with Crippen LogP contribution in [0.25, 0.3) is 0 Å². The third kappa shape index (κ3) is 7.71. The summed E-state index contributed by atoms with van der Waals surface area (Å²) in [6.45, 7) is 9.06. The van der Waals surface area contributed by atoms with Gasteiger partial charge in [-0.15, -0.1) is 0 Å². The molecule has 0 spiro atoms. The zero-order chi connectivity index (χ0) is 23.5. The number of carbonyl (C=O) groups excluding carboxylic acids is 1. The topological polar surface area (TPSA) is 73.1 Å². The SMILES string of the molecule is C=C(C)/C=C(\Nc1cccc(C#N)c1)C(C)=O.Cc1cccc(C(O)c2ccccc2)c1. The minimum atomic E-state index is -0.522. The first kappa shape index (κ1) is 24.3. The molecule has 1 unspecified atom stereocenters. The Morgan fingerprint density at radius 3 is 2.25 bits per heavy atom. The van der Waals surface area contributed by atoms with Crippen molar-refractivity contribution in [2.45, 2.75) is 26.9 Å². The molecule has 3 aromatic rings. The molecule has 3 aromatic carbocycles. The molecule has 32 heavy (non-hydrogen) atoms. The number of aliphatic hydroxyl groups excluding tert-OH is 1. The van der Waals surface area contributed by atoms with Crippen LogP contribution in [0.5, 0.6) is 0 Å². The Hall–Kier alpha value is -3.94. The van der Waals surface area contributed by atoms with Crippen molar-refractivity contribution in [3.8, 4) is 6.07 Å². The van der Waals surface area contributed by atoms with Gasteiger partial charge >= 0.3 is 0 Å². The minimum Gasteiger partial charge on any atom is -0.384 e. The number of hydrogen-bond acceptors (Lipinski definition) is 4. The zero-order valence-electron chi connectivity index (χ0n) is 18.7. The van der Waals surface area contributed by atoms with Gasteiger partial charge in [0.25, 0.3) is 0 Å². The summed E-state index contributed by atoms with van der Waals surface area (Å²) in [7, 11) is 0. The number of benzene rings is 3. The van der Waals surface area contributed by atoms with Gasteiger partial charge in [0.1, 0.15) is 6.10 Å². The van der Waals surface area contributed by atoms with Crippen LogP contribution >= 0.6 is 0 Å². The average Bonchev–Trinajstić information content (AvgIpc) is 2.79. The van der Waals surface area contributed by atoms with Crippen LogP contribution in [0, 0.1) is 18.3 Å². The molecule has 0 aromatic heterocycles. The van der Waals surface area contributed by atoms with Gasteiger partial charge in [0.2, 0.25) is 0 Å². The number of nitriles is 1. The normalized spacial score (nSPS) is 11.4. The summed E-state index contributed by atoms with van der Waals surface area (Å²) < 4.78 is 0. The van der Waals surface area contributed by atoms with Gasteiger partial charge in [0.05, 0.1) is 17.3 Å². The fourth-order valence-corrected chi connectivity index (χ4v) is 2.96. The number of ketones is 1. The number of rotatable bonds is 6. The number of anilines is 1. The van der Waals surface area contributed by atoms with E-state index in [1.165, 1.54) is 12.5 Å². The molecule has 0 radical (unpaired) electrons. The Labute approximate surface area is 190 Å². The Bertz CT molecular complexity index is 1140. The van der Waals surface area contributed by atoms with Crippen molar-refractivity contribution in [2.75, 3.05) is 5.32 Å². The van der Waals surface area contributed by atoms with E-state index < -0.39 is 6.10 Å². The first-order valence-corrected chi connectivity index (χ1v) is 10.2. The van der Waals surface area contributed by atoms with Crippen LogP contribution < -0.4 is 5.32 Å². The number of aryl methyl sites for hydroxylation is 1. The summed E-state index contributed by atoms with van der Waals surface area (Å²) in [5.74, 6) is -0.0737. The van der Waals surface area contributed by atoms with Crippen molar-refractivity contribution in [2.24, 2.45) is 0 Å². The zero-order valence-corrected chi connectivity index (χ0v) is 18.7. The number of aliphatic hydroxyl groups is 1. The Morgan fingerprint density at radius 2 is 1.66 bits per heavy atom. The van der Waals surface area contributed by atoms with Crippen molar-refractivity contribution in [3.05, 3.63) is 125 Å². The molecule has 0 fully saturated rings. The molecular weight excluding hydrogens is 396 g/mol. The predicted octanol–water partition coefficient (Wildman–Crippen LogP) is 6.10. The second-order valence-corrected chi connectivity index (χ2v) is 7.51. The average molecular weight is 425 g/mol. The van der Waals surface area contributed by atoms with E-state index in [2.05, 4.69) is 11.9 Å². The van der Waals surface area contributed by atoms with E-state index in [9.17, 15) is 9.90 Å². The van der Waals surface area contributed by atoms with Gasteiger partial charge in [0, 0.05) is 12.6 Å². The van der Waals surface area contributed by atoms with Crippen LogP contribution in [-0.4, -0.2) is 10.9 Å². The van der Waals surface area contributed by atoms with Gasteiger partial charge in [-0.2, -0.15) is 5.26 Å². The van der Waals surface area contributed by atoms with Crippen LogP contribution in [0.4, 0.5) is 5.69 Å². The first-order valence-electron chi connectivity index (χ1n) is 10.2. The second-order valence-electron chi connectivity index (χ2n) is 7.51. The largest absolute Gasteiger partial charge is 0.384 e. The van der Waals surface area contributed by atoms with E-state index in [1.807, 2.05) is 74.5 Å². The molecular formula is C28H28N2O2. The molecule has 0 saturated carbocycles. The quantitative estimate of drug-likeness (QED) is 0.371. The fourth-order valence-electron chi connectivity index (χ4n) is 2.96. The smallest absolute Gasteiger partial charge is 0.175 e. The monoisotopic (exact) mass is 424 g/mol. The molecule has 0 aliphatic heterocycles. The van der Waals surface area contributed by atoms with Gasteiger partial charge in [-0.1, -0.05) is 78.4 Å². The van der Waals surface area contributed by atoms with Gasteiger partial charge in [0.15, 0.2) is 5.78 Å². The molecule has 0 heterocycles. The lowest BCUT2D eigenvalue weighted by Gasteiger charge is -2.11. The molecule has 0 saturated heterocycles. The summed E-state index contributed by atoms with van der Waals surface area (Å²) >= 11 is 0. The number of Topliss-reactive ketones (excluding diaryl/α,β-unsaturated/α-hetero) is 1. The highest BCUT2D eigenvalue weighted by atomic mass is 16.3. The van der Waals surface area contributed by atoms with Gasteiger partial charge in [-0.3, -0.25) is 4.79 Å². The molecule has 2 N–H and O–H groups in total. The first-order chi connectivity index (χ1) is 15.3. The molecule has 0 aliphatic rings. The number of carbonyl (C=O) groups is 1. The number of nitrogens with zero attached hydrogens (tertiary/aromatic N) is 1. The van der Waals surface area contributed by atoms with E-state index in [-0.39, 0.29) is 5.78 Å². The summed E-state index contributed by atoms with van der Waals surface area (Å²) in [4.78, 5) is 11.4. The molecule has 3 rings (SSSR count). The Balaban J connectivity index is 0.000000228. The summed E-state index contributed by atoms with van der Waals surface area (Å²) in [6, 6.07) is 26.7. The molecule has 162 valence electrons. The lowest BCUT2D eigenvalue weighted by molar-refractivity contribution is -0.113. The fraction of sp³-hybridized carbons (Fsp3) is 0.143. The van der Waals surface area contributed by atoms with E-state index >= 15 is 0 Å². The Kier molecular flexibility index (Phi) is 9.16. The van der Waals surface area contributed by atoms with Gasteiger partial charge < -0.3 is 10.4 Å². The van der Waals surface area contributed by atoms with Crippen LogP contribution in [-0.2, 0) is 4.79 Å². The summed E-state index contributed by atoms with van der Waals surface area (Å²) in [6.07, 6.45) is 1.16. The van der Waals surface area contributed by atoms with E-state index in [0.29, 0.717) is 16.9 Å². The van der Waals surface area contributed by atoms with Crippen LogP contribution in [0.2, 0.25) is 0 Å². The molecule has 0 bridgehead atoms. The van der Waals surface area contributed by atoms with Gasteiger partial charge in [-0.05, 0) is 49.2 Å². The van der Waals surface area contributed by atoms with Crippen LogP contribution in [0.15, 0.2) is 103 Å². The van der Waals surface area contributed by atoms with E-state index in [1.54, 1.807) is 30.3 Å². The molecule has 0 amide bonds. The van der Waals surface area contributed by atoms with E-state index in [0.717, 1.165) is 16.7 Å². The number of hydrogen-bond donors (Lipinski definition) is 2. The minimum absolute atomic E-state index is 0.0737. The maximum Gasteiger partial charge on any atom is 0.175 e. The molecule has 1 atom stereocenters. The van der Waals surface area contributed by atoms with Crippen molar-refractivity contribution in [3.63, 3.8) is 0 Å². The summed E-state index contributed by atoms with van der Waals surface area (Å²) in [5, 5.41) is 21.9. The van der Waals surface area contributed by atoms with E-state index in [4.69, 9.17) is 5.26 Å². The number of allylic oxidation sites excluding steroid dienone is 3. The summed E-state index contributed by atoms with van der Waals surface area (Å²) in [5.41, 5.74) is 5.57.